The molecule has 0 radical (unpaired) electrons. The minimum atomic E-state index is -5.76. The van der Waals surface area contributed by atoms with Gasteiger partial charge in [0.25, 0.3) is 0 Å². The molecule has 118 valence electrons. The largest absolute Gasteiger partial charge is 0.511 e. The van der Waals surface area contributed by atoms with Gasteiger partial charge in [0.05, 0.1) is 0 Å². The van der Waals surface area contributed by atoms with Crippen molar-refractivity contribution in [3.05, 3.63) is 60.7 Å². The summed E-state index contributed by atoms with van der Waals surface area (Å²) in [6, 6.07) is 14.3. The lowest BCUT2D eigenvalue weighted by Gasteiger charge is -2.21. The first kappa shape index (κ1) is 16.7. The van der Waals surface area contributed by atoms with E-state index in [1.165, 1.54) is 53.0 Å². The second kappa shape index (κ2) is 5.87. The molecule has 2 aromatic rings. The number of sulfonamides is 1. The molecule has 4 nitrogen and oxygen atoms in total. The molecular weight excluding hydrogens is 338 g/mol. The Morgan fingerprint density at radius 3 is 1.50 bits per heavy atom. The topological polar surface area (TPSA) is 63.2 Å². The summed E-state index contributed by atoms with van der Waals surface area (Å²) < 4.78 is 75.1. The van der Waals surface area contributed by atoms with Crippen LogP contribution in [0.5, 0.6) is 0 Å². The van der Waals surface area contributed by atoms with Crippen molar-refractivity contribution in [2.45, 2.75) is 5.51 Å². The fourth-order valence-electron chi connectivity index (χ4n) is 1.75. The second-order valence-corrected chi connectivity index (χ2v) is 8.77. The lowest BCUT2D eigenvalue weighted by Crippen LogP contribution is -2.39. The average Bonchev–Trinajstić information content (AvgIpc) is 2.47. The number of halogens is 3. The summed E-state index contributed by atoms with van der Waals surface area (Å²) in [5.74, 6) is 0. The zero-order valence-corrected chi connectivity index (χ0v) is 12.7. The highest BCUT2D eigenvalue weighted by Gasteiger charge is 2.49. The Balaban J connectivity index is 2.61. The van der Waals surface area contributed by atoms with Crippen molar-refractivity contribution in [2.75, 3.05) is 0 Å². The van der Waals surface area contributed by atoms with Crippen LogP contribution in [0, 0.1) is 0 Å². The molecule has 0 bridgehead atoms. The predicted molar refractivity (Wildman–Crippen MR) is 77.9 cm³/mol. The van der Waals surface area contributed by atoms with Crippen molar-refractivity contribution in [2.24, 2.45) is 0 Å². The summed E-state index contributed by atoms with van der Waals surface area (Å²) in [6.45, 7) is 0. The molecule has 1 N–H and O–H groups in total. The van der Waals surface area contributed by atoms with Gasteiger partial charge in [-0.1, -0.05) is 36.4 Å². The van der Waals surface area contributed by atoms with E-state index in [-0.39, 0.29) is 10.6 Å². The van der Waals surface area contributed by atoms with Gasteiger partial charge in [-0.15, -0.1) is 4.49 Å². The van der Waals surface area contributed by atoms with Gasteiger partial charge in [-0.25, -0.2) is 8.42 Å². The van der Waals surface area contributed by atoms with E-state index >= 15 is 0 Å². The van der Waals surface area contributed by atoms with Crippen LogP contribution >= 0.6 is 7.29 Å². The Bertz CT molecular complexity index is 749. The van der Waals surface area contributed by atoms with Crippen molar-refractivity contribution in [3.8, 4) is 0 Å². The van der Waals surface area contributed by atoms with E-state index in [0.29, 0.717) is 0 Å². The van der Waals surface area contributed by atoms with Crippen LogP contribution < -0.4 is 15.1 Å². The molecule has 0 aliphatic heterocycles. The van der Waals surface area contributed by atoms with Crippen LogP contribution in [0.25, 0.3) is 0 Å². The van der Waals surface area contributed by atoms with Crippen LogP contribution in [0.3, 0.4) is 0 Å². The van der Waals surface area contributed by atoms with E-state index in [1.807, 2.05) is 0 Å². The summed E-state index contributed by atoms with van der Waals surface area (Å²) in [4.78, 5) is 0. The van der Waals surface area contributed by atoms with Crippen molar-refractivity contribution >= 4 is 27.9 Å². The third-order valence-corrected chi connectivity index (χ3v) is 7.44. The SMILES string of the molecule is O=P(NS(=O)(=O)C(F)(F)F)(c1ccccc1)c1ccccc1. The van der Waals surface area contributed by atoms with Gasteiger partial charge in [-0.3, -0.25) is 4.57 Å². The molecule has 0 atom stereocenters. The van der Waals surface area contributed by atoms with Crippen LogP contribution in [-0.2, 0) is 14.6 Å². The lowest BCUT2D eigenvalue weighted by molar-refractivity contribution is -0.0441. The van der Waals surface area contributed by atoms with E-state index < -0.39 is 22.8 Å². The Labute approximate surface area is 125 Å². The Morgan fingerprint density at radius 2 is 1.18 bits per heavy atom. The van der Waals surface area contributed by atoms with Crippen LogP contribution in [0.4, 0.5) is 13.2 Å². The molecule has 9 heteroatoms. The van der Waals surface area contributed by atoms with Crippen molar-refractivity contribution in [1.82, 2.24) is 4.49 Å². The first-order valence-electron chi connectivity index (χ1n) is 5.98. The van der Waals surface area contributed by atoms with Gasteiger partial charge >= 0.3 is 15.5 Å². The molecule has 0 heterocycles. The van der Waals surface area contributed by atoms with E-state index in [1.54, 1.807) is 12.1 Å². The maximum Gasteiger partial charge on any atom is 0.511 e. The minimum Gasteiger partial charge on any atom is -0.296 e. The van der Waals surface area contributed by atoms with E-state index in [0.717, 1.165) is 0 Å². The third-order valence-electron chi connectivity index (χ3n) is 2.79. The lowest BCUT2D eigenvalue weighted by atomic mass is 10.4. The molecule has 0 amide bonds. The summed E-state index contributed by atoms with van der Waals surface area (Å²) in [7, 11) is -9.96. The number of rotatable bonds is 4. The standard InChI is InChI=1S/C13H11F3NO3PS/c14-13(15,16)22(19,20)17-21(18,11-7-3-1-4-8-11)12-9-5-2-6-10-12/h1-10H,(H,17,18). The number of nitrogens with one attached hydrogen (secondary N) is 1. The Hall–Kier alpha value is -1.63. The van der Waals surface area contributed by atoms with Crippen LogP contribution in [0.1, 0.15) is 0 Å². The first-order chi connectivity index (χ1) is 10.2. The number of benzene rings is 2. The summed E-state index contributed by atoms with van der Waals surface area (Å²) in [5, 5.41) is -0.0666. The van der Waals surface area contributed by atoms with Gasteiger partial charge in [-0.2, -0.15) is 13.2 Å². The molecular formula is C13H11F3NO3PS. The average molecular weight is 349 g/mol. The van der Waals surface area contributed by atoms with E-state index in [2.05, 4.69) is 0 Å². The number of hydrogen-bond donors (Lipinski definition) is 1. The van der Waals surface area contributed by atoms with Gasteiger partial charge in [0.2, 0.25) is 7.29 Å². The molecule has 0 aromatic heterocycles. The summed E-state index contributed by atoms with van der Waals surface area (Å²) in [6.07, 6.45) is 0. The highest BCUT2D eigenvalue weighted by molar-refractivity contribution is 7.99. The Morgan fingerprint density at radius 1 is 0.818 bits per heavy atom. The maximum atomic E-state index is 13.1. The van der Waals surface area contributed by atoms with Gasteiger partial charge < -0.3 is 0 Å². The molecule has 2 aromatic carbocycles. The van der Waals surface area contributed by atoms with Crippen LogP contribution in [0.2, 0.25) is 0 Å². The molecule has 0 fully saturated rings. The quantitative estimate of drug-likeness (QED) is 0.862. The molecule has 0 unspecified atom stereocenters. The van der Waals surface area contributed by atoms with Crippen LogP contribution in [0.15, 0.2) is 60.7 Å². The fourth-order valence-corrected chi connectivity index (χ4v) is 5.84. The van der Waals surface area contributed by atoms with Gasteiger partial charge in [0.1, 0.15) is 0 Å². The van der Waals surface area contributed by atoms with Crippen LogP contribution in [-0.4, -0.2) is 13.9 Å². The van der Waals surface area contributed by atoms with E-state index in [4.69, 9.17) is 0 Å². The second-order valence-electron chi connectivity index (χ2n) is 4.32. The Kier molecular flexibility index (Phi) is 4.47. The summed E-state index contributed by atoms with van der Waals surface area (Å²) in [5.41, 5.74) is -5.55. The molecule has 0 aliphatic carbocycles. The normalized spacial score (nSPS) is 13.0. The molecule has 2 rings (SSSR count). The van der Waals surface area contributed by atoms with Gasteiger partial charge in [-0.05, 0) is 24.3 Å². The summed E-state index contributed by atoms with van der Waals surface area (Å²) >= 11 is 0. The third kappa shape index (κ3) is 3.24. The van der Waals surface area contributed by atoms with E-state index in [9.17, 15) is 26.2 Å². The fraction of sp³-hybridized carbons (Fsp3) is 0.0769. The number of hydrogen-bond acceptors (Lipinski definition) is 3. The zero-order chi connectivity index (χ0) is 16.4. The minimum absolute atomic E-state index is 0.0333. The monoisotopic (exact) mass is 349 g/mol. The van der Waals surface area contributed by atoms with Crippen molar-refractivity contribution < 1.29 is 26.2 Å². The number of alkyl halides is 3. The highest BCUT2D eigenvalue weighted by Crippen LogP contribution is 2.42. The highest BCUT2D eigenvalue weighted by atomic mass is 32.2. The maximum absolute atomic E-state index is 13.1. The zero-order valence-electron chi connectivity index (χ0n) is 11.0. The molecule has 0 saturated heterocycles. The smallest absolute Gasteiger partial charge is 0.296 e. The molecule has 0 aliphatic rings. The molecule has 0 spiro atoms. The van der Waals surface area contributed by atoms with Crippen molar-refractivity contribution in [1.29, 1.82) is 0 Å². The van der Waals surface area contributed by atoms with Gasteiger partial charge in [0.15, 0.2) is 0 Å². The van der Waals surface area contributed by atoms with Crippen molar-refractivity contribution in [3.63, 3.8) is 0 Å². The molecule has 0 saturated carbocycles. The first-order valence-corrected chi connectivity index (χ1v) is 9.17. The predicted octanol–water partition coefficient (Wildman–Crippen LogP) is 2.35. The van der Waals surface area contributed by atoms with Gasteiger partial charge in [0, 0.05) is 10.6 Å². The molecule has 22 heavy (non-hydrogen) atoms.